The fraction of sp³-hybridized carbons (Fsp3) is 0.923. The van der Waals surface area contributed by atoms with Gasteiger partial charge in [-0.25, -0.2) is 4.79 Å². The minimum Gasteiger partial charge on any atom is -0.449 e. The monoisotopic (exact) mass is 647 g/mol. The predicted molar refractivity (Wildman–Crippen MR) is 88.7 cm³/mol. The molecule has 0 bridgehead atoms. The van der Waals surface area contributed by atoms with Gasteiger partial charge in [-0.05, 0) is 10.8 Å². The fourth-order valence-electron chi connectivity index (χ4n) is 1.98. The summed E-state index contributed by atoms with van der Waals surface area (Å²) in [5, 5.41) is 1.49. The number of hydrogen-bond donors (Lipinski definition) is 2. The van der Waals surface area contributed by atoms with E-state index in [9.17, 15) is 87.8 Å². The second kappa shape index (κ2) is 10.7. The molecule has 228 valence electrons. The summed E-state index contributed by atoms with van der Waals surface area (Å²) in [5.41, 5.74) is 0. The maximum Gasteiger partial charge on any atom is 0.460 e. The summed E-state index contributed by atoms with van der Waals surface area (Å²) in [6.07, 6.45) is -12.7. The highest BCUT2D eigenvalue weighted by molar-refractivity contribution is 8.69. The van der Waals surface area contributed by atoms with Gasteiger partial charge in [-0.3, -0.25) is 4.55 Å². The molecule has 0 aliphatic rings. The number of halogens is 17. The van der Waals surface area contributed by atoms with Crippen molar-refractivity contribution in [2.45, 2.75) is 54.1 Å². The number of rotatable bonds is 13. The predicted octanol–water partition coefficient (Wildman–Crippen LogP) is 5.65. The second-order valence-corrected chi connectivity index (χ2v) is 10.2. The molecule has 0 spiro atoms. The van der Waals surface area contributed by atoms with Gasteiger partial charge < -0.3 is 10.1 Å². The molecule has 0 aromatic carbocycles. The number of hydrogen-bond acceptors (Lipinski definition) is 5. The second-order valence-electron chi connectivity index (χ2n) is 6.71. The van der Waals surface area contributed by atoms with Gasteiger partial charge in [-0.15, -0.1) is 0 Å². The van der Waals surface area contributed by atoms with Crippen LogP contribution in [0.4, 0.5) is 79.4 Å². The van der Waals surface area contributed by atoms with E-state index in [1.807, 2.05) is 0 Å². The van der Waals surface area contributed by atoms with Crippen LogP contribution in [0.2, 0.25) is 0 Å². The van der Waals surface area contributed by atoms with Crippen molar-refractivity contribution in [2.24, 2.45) is 0 Å². The lowest BCUT2D eigenvalue weighted by atomic mass is 9.88. The molecule has 0 aliphatic heterocycles. The van der Waals surface area contributed by atoms with Crippen molar-refractivity contribution in [1.29, 1.82) is 0 Å². The molecule has 0 fully saturated rings. The van der Waals surface area contributed by atoms with E-state index < -0.39 is 88.2 Å². The molecule has 0 saturated carbocycles. The average Bonchev–Trinajstić information content (AvgIpc) is 2.68. The molecule has 0 aromatic heterocycles. The third-order valence-electron chi connectivity index (χ3n) is 4.04. The first kappa shape index (κ1) is 36.3. The fourth-order valence-corrected chi connectivity index (χ4v) is 3.25. The molecule has 0 rings (SSSR count). The van der Waals surface area contributed by atoms with Crippen molar-refractivity contribution >= 4 is 26.0 Å². The molecule has 0 aromatic rings. The quantitative estimate of drug-likeness (QED) is 0.116. The number of alkyl carbamates (subject to hydrolysis) is 1. The Hall–Kier alpha value is -1.66. The highest BCUT2D eigenvalue weighted by Crippen LogP contribution is 2.64. The van der Waals surface area contributed by atoms with Crippen LogP contribution < -0.4 is 5.32 Å². The van der Waals surface area contributed by atoms with E-state index in [0.717, 1.165) is 0 Å². The number of nitrogens with one attached hydrogen (secondary N) is 1. The SMILES string of the molecule is O=C(NCCSS(=O)(=O)O)OCCC(F)(F)C(F)(F)C(F)(F)C(F)(F)C(F)(F)C(F)(F)C(F)(F)C(F)(F)F. The Labute approximate surface area is 202 Å². The van der Waals surface area contributed by atoms with Gasteiger partial charge in [0.15, 0.2) is 0 Å². The van der Waals surface area contributed by atoms with E-state index in [4.69, 9.17) is 4.55 Å². The van der Waals surface area contributed by atoms with Crippen molar-refractivity contribution in [3.63, 3.8) is 0 Å². The molecule has 0 unspecified atom stereocenters. The summed E-state index contributed by atoms with van der Waals surface area (Å²) in [6, 6.07) is 0. The van der Waals surface area contributed by atoms with Gasteiger partial charge >= 0.3 is 62.9 Å². The first-order valence-electron chi connectivity index (χ1n) is 8.59. The van der Waals surface area contributed by atoms with Crippen LogP contribution in [-0.2, 0) is 13.9 Å². The highest BCUT2D eigenvalue weighted by Gasteiger charge is 2.95. The molecule has 0 atom stereocenters. The summed E-state index contributed by atoms with van der Waals surface area (Å²) >= 11 is 0. The molecule has 2 N–H and O–H groups in total. The maximum absolute atomic E-state index is 13.6. The number of carbonyl (C=O) groups is 1. The number of carbonyl (C=O) groups excluding carboxylic acids is 1. The number of amides is 1. The van der Waals surface area contributed by atoms with Gasteiger partial charge in [0.25, 0.3) is 0 Å². The van der Waals surface area contributed by atoms with Gasteiger partial charge in [0, 0.05) is 12.3 Å². The van der Waals surface area contributed by atoms with Crippen LogP contribution >= 0.6 is 10.8 Å². The van der Waals surface area contributed by atoms with Crippen molar-refractivity contribution in [3.8, 4) is 0 Å². The Kier molecular flexibility index (Phi) is 10.3. The zero-order chi connectivity index (χ0) is 31.0. The lowest BCUT2D eigenvalue weighted by Gasteiger charge is -2.42. The van der Waals surface area contributed by atoms with E-state index in [1.54, 1.807) is 0 Å². The summed E-state index contributed by atoms with van der Waals surface area (Å²) in [5.74, 6) is -58.0. The van der Waals surface area contributed by atoms with E-state index in [2.05, 4.69) is 4.74 Å². The largest absolute Gasteiger partial charge is 0.460 e. The highest BCUT2D eigenvalue weighted by atomic mass is 33.1. The van der Waals surface area contributed by atoms with Gasteiger partial charge in [0.2, 0.25) is 0 Å². The Morgan fingerprint density at radius 2 is 1.05 bits per heavy atom. The first-order chi connectivity index (χ1) is 16.4. The number of ether oxygens (including phenoxy) is 1. The van der Waals surface area contributed by atoms with E-state index >= 15 is 0 Å². The summed E-state index contributed by atoms with van der Waals surface area (Å²) < 4.78 is 255. The summed E-state index contributed by atoms with van der Waals surface area (Å²) in [7, 11) is -4.85. The molecule has 0 saturated heterocycles. The first-order valence-corrected chi connectivity index (χ1v) is 11.5. The topological polar surface area (TPSA) is 92.7 Å². The van der Waals surface area contributed by atoms with E-state index in [0.29, 0.717) is 0 Å². The van der Waals surface area contributed by atoms with Gasteiger partial charge in [-0.2, -0.15) is 83.1 Å². The standard InChI is InChI=1S/C13H10F17NO5S2/c14-6(15,1-3-36-5(32)31-2-4-37-38(33,34)35)7(16,17)8(18,19)9(20,21)10(22,23)11(24,25)12(26,27)13(28,29)30/h1-4H2,(H,31,32)(H,33,34,35). The van der Waals surface area contributed by atoms with Crippen LogP contribution in [-0.4, -0.2) is 85.6 Å². The Morgan fingerprint density at radius 3 is 1.42 bits per heavy atom. The lowest BCUT2D eigenvalue weighted by molar-refractivity contribution is -0.461. The van der Waals surface area contributed by atoms with Crippen LogP contribution in [0.25, 0.3) is 0 Å². The summed E-state index contributed by atoms with van der Waals surface area (Å²) in [6.45, 7) is -2.91. The van der Waals surface area contributed by atoms with Crippen molar-refractivity contribution in [1.82, 2.24) is 5.32 Å². The normalized spacial score (nSPS) is 15.4. The molecular formula is C13H10F17NO5S2. The van der Waals surface area contributed by atoms with Crippen LogP contribution in [0.5, 0.6) is 0 Å². The zero-order valence-corrected chi connectivity index (χ0v) is 18.8. The van der Waals surface area contributed by atoms with Crippen molar-refractivity contribution < 1.29 is 97.1 Å². The molecule has 0 radical (unpaired) electrons. The molecular weight excluding hydrogens is 637 g/mol. The molecule has 0 heterocycles. The third kappa shape index (κ3) is 6.55. The minimum absolute atomic E-state index is 0.222. The number of alkyl halides is 17. The maximum atomic E-state index is 13.6. The van der Waals surface area contributed by atoms with Crippen LogP contribution in [0.1, 0.15) is 6.42 Å². The van der Waals surface area contributed by atoms with Gasteiger partial charge in [0.1, 0.15) is 0 Å². The van der Waals surface area contributed by atoms with Crippen molar-refractivity contribution in [2.75, 3.05) is 18.9 Å². The molecule has 6 nitrogen and oxygen atoms in total. The smallest absolute Gasteiger partial charge is 0.449 e. The van der Waals surface area contributed by atoms with Crippen molar-refractivity contribution in [3.05, 3.63) is 0 Å². The van der Waals surface area contributed by atoms with E-state index in [-0.39, 0.29) is 10.8 Å². The van der Waals surface area contributed by atoms with E-state index in [1.165, 1.54) is 5.32 Å². The van der Waals surface area contributed by atoms with Gasteiger partial charge in [-0.1, -0.05) is 0 Å². The summed E-state index contributed by atoms with van der Waals surface area (Å²) in [4.78, 5) is 11.1. The lowest BCUT2D eigenvalue weighted by Crippen LogP contribution is -2.74. The molecule has 25 heteroatoms. The Balaban J connectivity index is 5.83. The Bertz CT molecular complexity index is 950. The molecule has 1 amide bonds. The van der Waals surface area contributed by atoms with Crippen LogP contribution in [0.15, 0.2) is 0 Å². The Morgan fingerprint density at radius 1 is 0.684 bits per heavy atom. The zero-order valence-electron chi connectivity index (χ0n) is 17.2. The third-order valence-corrected chi connectivity index (χ3v) is 6.10. The average molecular weight is 647 g/mol. The van der Waals surface area contributed by atoms with Crippen LogP contribution in [0.3, 0.4) is 0 Å². The minimum atomic E-state index is -8.74. The van der Waals surface area contributed by atoms with Gasteiger partial charge in [0.05, 0.1) is 13.0 Å². The van der Waals surface area contributed by atoms with Crippen LogP contribution in [0, 0.1) is 0 Å². The molecule has 0 aliphatic carbocycles. The molecule has 38 heavy (non-hydrogen) atoms.